The van der Waals surface area contributed by atoms with Gasteiger partial charge in [0.05, 0.1) is 22.9 Å². The van der Waals surface area contributed by atoms with Crippen LogP contribution in [0.1, 0.15) is 30.0 Å². The molecule has 1 amide bonds. The van der Waals surface area contributed by atoms with Gasteiger partial charge in [-0.25, -0.2) is 4.98 Å². The molecule has 0 bridgehead atoms. The smallest absolute Gasteiger partial charge is 0.274 e. The normalized spacial score (nSPS) is 24.5. The van der Waals surface area contributed by atoms with Crippen molar-refractivity contribution < 1.29 is 9.53 Å². The van der Waals surface area contributed by atoms with Gasteiger partial charge in [-0.05, 0) is 26.0 Å². The third kappa shape index (κ3) is 4.11. The number of nitrogens with zero attached hydrogens (tertiary/aromatic N) is 4. The molecule has 4 rings (SSSR count). The van der Waals surface area contributed by atoms with Crippen LogP contribution in [0, 0.1) is 0 Å². The van der Waals surface area contributed by atoms with Crippen molar-refractivity contribution in [1.82, 2.24) is 19.2 Å². The second kappa shape index (κ2) is 7.99. The zero-order chi connectivity index (χ0) is 19.0. The number of carbonyl (C=O) groups excluding carboxylic acids is 1. The first-order valence-corrected chi connectivity index (χ1v) is 11.0. The topological polar surface area (TPSA) is 50.1 Å². The Balaban J connectivity index is 1.70. The number of halogens is 1. The van der Waals surface area contributed by atoms with Crippen molar-refractivity contribution in [2.75, 3.05) is 37.7 Å². The summed E-state index contributed by atoms with van der Waals surface area (Å²) in [5.41, 5.74) is 2.23. The molecule has 0 spiro atoms. The van der Waals surface area contributed by atoms with Gasteiger partial charge in [0.25, 0.3) is 5.91 Å². The molecule has 27 heavy (non-hydrogen) atoms. The minimum atomic E-state index is -0.0155. The van der Waals surface area contributed by atoms with Crippen molar-refractivity contribution in [2.24, 2.45) is 0 Å². The molecule has 2 aliphatic rings. The fourth-order valence-electron chi connectivity index (χ4n) is 3.85. The highest BCUT2D eigenvalue weighted by Gasteiger charge is 2.30. The molecule has 2 saturated heterocycles. The molecule has 0 aromatic carbocycles. The predicted octanol–water partition coefficient (Wildman–Crippen LogP) is 2.79. The van der Waals surface area contributed by atoms with E-state index in [9.17, 15) is 4.79 Å². The van der Waals surface area contributed by atoms with Crippen molar-refractivity contribution in [3.05, 3.63) is 34.7 Å². The van der Waals surface area contributed by atoms with Crippen LogP contribution in [0.3, 0.4) is 0 Å². The van der Waals surface area contributed by atoms with E-state index in [0.29, 0.717) is 30.4 Å². The summed E-state index contributed by atoms with van der Waals surface area (Å²) in [7, 11) is 0. The largest absolute Gasteiger partial charge is 0.372 e. The number of hydrogen-bond acceptors (Lipinski definition) is 5. The van der Waals surface area contributed by atoms with E-state index in [1.54, 1.807) is 0 Å². The highest BCUT2D eigenvalue weighted by molar-refractivity contribution is 7.99. The molecule has 146 valence electrons. The van der Waals surface area contributed by atoms with Crippen molar-refractivity contribution >= 4 is 34.9 Å². The number of ether oxygens (including phenoxy) is 1. The van der Waals surface area contributed by atoms with Crippen LogP contribution in [-0.2, 0) is 11.3 Å². The van der Waals surface area contributed by atoms with E-state index in [4.69, 9.17) is 16.3 Å². The van der Waals surface area contributed by atoms with Gasteiger partial charge in [-0.15, -0.1) is 0 Å². The third-order valence-electron chi connectivity index (χ3n) is 5.07. The van der Waals surface area contributed by atoms with Gasteiger partial charge < -0.3 is 14.0 Å². The van der Waals surface area contributed by atoms with Gasteiger partial charge in [-0.2, -0.15) is 11.8 Å². The van der Waals surface area contributed by atoms with Crippen molar-refractivity contribution in [2.45, 2.75) is 32.6 Å². The van der Waals surface area contributed by atoms with Crippen LogP contribution in [0.2, 0.25) is 5.02 Å². The molecule has 0 unspecified atom stereocenters. The fraction of sp³-hybridized carbons (Fsp3) is 0.579. The van der Waals surface area contributed by atoms with E-state index in [0.717, 1.165) is 35.9 Å². The molecule has 2 aromatic rings. The summed E-state index contributed by atoms with van der Waals surface area (Å²) in [5, 5.41) is 0.642. The van der Waals surface area contributed by atoms with E-state index in [1.165, 1.54) is 0 Å². The van der Waals surface area contributed by atoms with E-state index < -0.39 is 0 Å². The summed E-state index contributed by atoms with van der Waals surface area (Å²) in [5.74, 6) is 2.23. The fourth-order valence-corrected chi connectivity index (χ4v) is 4.99. The van der Waals surface area contributed by atoms with Crippen molar-refractivity contribution in [3.63, 3.8) is 0 Å². The Bertz CT molecular complexity index is 826. The molecule has 2 aliphatic heterocycles. The minimum absolute atomic E-state index is 0.0155. The molecule has 0 saturated carbocycles. The number of pyridine rings is 1. The molecular formula is C19H25ClN4O2S. The molecule has 8 heteroatoms. The highest BCUT2D eigenvalue weighted by Crippen LogP contribution is 2.23. The molecule has 4 heterocycles. The lowest BCUT2D eigenvalue weighted by Gasteiger charge is -2.35. The standard InChI is InChI=1S/C19H25ClN4O2S/c1-13-9-23(10-14(2)26-13)19(25)18-16(12-22-5-7-27-8-6-22)24-11-15(20)3-4-17(24)21-18/h3-4,11,13-14H,5-10,12H2,1-2H3/t13-,14+. The number of carbonyl (C=O) groups is 1. The number of fused-ring (bicyclic) bond motifs is 1. The van der Waals surface area contributed by atoms with Crippen molar-refractivity contribution in [1.29, 1.82) is 0 Å². The molecule has 2 fully saturated rings. The number of thioether (sulfide) groups is 1. The number of imidazole rings is 1. The van der Waals surface area contributed by atoms with Crippen LogP contribution >= 0.6 is 23.4 Å². The van der Waals surface area contributed by atoms with E-state index in [-0.39, 0.29) is 18.1 Å². The lowest BCUT2D eigenvalue weighted by molar-refractivity contribution is -0.0587. The first-order chi connectivity index (χ1) is 13.0. The summed E-state index contributed by atoms with van der Waals surface area (Å²) in [6.45, 7) is 7.96. The van der Waals surface area contributed by atoms with E-state index in [2.05, 4.69) is 9.88 Å². The average Bonchev–Trinajstić information content (AvgIpc) is 2.99. The number of rotatable bonds is 3. The lowest BCUT2D eigenvalue weighted by atomic mass is 10.2. The average molecular weight is 409 g/mol. The van der Waals surface area contributed by atoms with Gasteiger partial charge in [0.1, 0.15) is 5.65 Å². The summed E-state index contributed by atoms with van der Waals surface area (Å²) in [4.78, 5) is 22.3. The van der Waals surface area contributed by atoms with Gasteiger partial charge in [-0.3, -0.25) is 9.69 Å². The molecule has 2 atom stereocenters. The summed E-state index contributed by atoms with van der Waals surface area (Å²) < 4.78 is 7.76. The Labute approximate surface area is 168 Å². The maximum Gasteiger partial charge on any atom is 0.274 e. The Morgan fingerprint density at radius 3 is 2.67 bits per heavy atom. The van der Waals surface area contributed by atoms with Gasteiger partial charge in [0.15, 0.2) is 5.69 Å². The first-order valence-electron chi connectivity index (χ1n) is 9.42. The van der Waals surface area contributed by atoms with E-state index in [1.807, 2.05) is 53.2 Å². The molecule has 0 N–H and O–H groups in total. The summed E-state index contributed by atoms with van der Waals surface area (Å²) >= 11 is 8.21. The number of hydrogen-bond donors (Lipinski definition) is 0. The monoisotopic (exact) mass is 408 g/mol. The number of amides is 1. The number of morpholine rings is 1. The predicted molar refractivity (Wildman–Crippen MR) is 109 cm³/mol. The SMILES string of the molecule is C[C@@H]1CN(C(=O)c2nc3ccc(Cl)cn3c2CN2CCSCC2)C[C@H](C)O1. The first kappa shape index (κ1) is 19.1. The highest BCUT2D eigenvalue weighted by atomic mass is 35.5. The second-order valence-electron chi connectivity index (χ2n) is 7.34. The third-order valence-corrected chi connectivity index (χ3v) is 6.23. The van der Waals surface area contributed by atoms with Crippen LogP contribution in [0.15, 0.2) is 18.3 Å². The number of aromatic nitrogens is 2. The summed E-state index contributed by atoms with van der Waals surface area (Å²) in [6, 6.07) is 3.69. The molecule has 2 aromatic heterocycles. The lowest BCUT2D eigenvalue weighted by Crippen LogP contribution is -2.48. The Kier molecular flexibility index (Phi) is 5.64. The van der Waals surface area contributed by atoms with Crippen LogP contribution in [0.4, 0.5) is 0 Å². The Hall–Kier alpha value is -1.28. The van der Waals surface area contributed by atoms with Gasteiger partial charge >= 0.3 is 0 Å². The van der Waals surface area contributed by atoms with Gasteiger partial charge in [-0.1, -0.05) is 11.6 Å². The van der Waals surface area contributed by atoms with Gasteiger partial charge in [0, 0.05) is 50.4 Å². The minimum Gasteiger partial charge on any atom is -0.372 e. The maximum absolute atomic E-state index is 13.3. The Morgan fingerprint density at radius 1 is 1.26 bits per heavy atom. The van der Waals surface area contributed by atoms with E-state index >= 15 is 0 Å². The van der Waals surface area contributed by atoms with Crippen LogP contribution < -0.4 is 0 Å². The molecule has 0 radical (unpaired) electrons. The zero-order valence-electron chi connectivity index (χ0n) is 15.7. The van der Waals surface area contributed by atoms with Crippen LogP contribution in [0.5, 0.6) is 0 Å². The van der Waals surface area contributed by atoms with Crippen LogP contribution in [-0.4, -0.2) is 75.0 Å². The van der Waals surface area contributed by atoms with Crippen LogP contribution in [0.25, 0.3) is 5.65 Å². The Morgan fingerprint density at radius 2 is 1.96 bits per heavy atom. The summed E-state index contributed by atoms with van der Waals surface area (Å²) in [6.07, 6.45) is 1.93. The quantitative estimate of drug-likeness (QED) is 0.781. The molecule has 0 aliphatic carbocycles. The second-order valence-corrected chi connectivity index (χ2v) is 9.00. The maximum atomic E-state index is 13.3. The van der Waals surface area contributed by atoms with Gasteiger partial charge in [0.2, 0.25) is 0 Å². The molecular weight excluding hydrogens is 384 g/mol. The zero-order valence-corrected chi connectivity index (χ0v) is 17.3. The molecule has 6 nitrogen and oxygen atoms in total. The van der Waals surface area contributed by atoms with Crippen molar-refractivity contribution in [3.8, 4) is 0 Å².